The van der Waals surface area contributed by atoms with Crippen LogP contribution < -0.4 is 5.73 Å². The van der Waals surface area contributed by atoms with Crippen LogP contribution >= 0.6 is 0 Å². The van der Waals surface area contributed by atoms with Crippen molar-refractivity contribution in [2.24, 2.45) is 11.7 Å². The maximum atomic E-state index is 12.5. The lowest BCUT2D eigenvalue weighted by Gasteiger charge is -2.58. The van der Waals surface area contributed by atoms with Crippen LogP contribution in [-0.2, 0) is 9.53 Å². The number of rotatable bonds is 4. The number of ether oxygens (including phenoxy) is 1. The molecule has 3 heterocycles. The van der Waals surface area contributed by atoms with Crippen LogP contribution in [0.4, 0.5) is 0 Å². The summed E-state index contributed by atoms with van der Waals surface area (Å²) < 4.78 is 5.20. The first-order chi connectivity index (χ1) is 8.36. The van der Waals surface area contributed by atoms with Gasteiger partial charge < -0.3 is 15.6 Å². The molecule has 4 unspecified atom stereocenters. The Bertz CT molecular complexity index is 340. The number of carbonyl (C=O) groups is 1. The number of fused-ring (bicyclic) bond motifs is 3. The monoisotopic (exact) mass is 256 g/mol. The number of aliphatic hydroxyl groups excluding tert-OH is 1. The summed E-state index contributed by atoms with van der Waals surface area (Å²) in [6.07, 6.45) is 1.67. The summed E-state index contributed by atoms with van der Waals surface area (Å²) >= 11 is 0. The smallest absolute Gasteiger partial charge is 0.161 e. The van der Waals surface area contributed by atoms with Gasteiger partial charge in [-0.05, 0) is 26.7 Å². The molecule has 3 fully saturated rings. The number of ketones is 1. The number of hydrogen-bond donors (Lipinski definition) is 2. The molecule has 0 saturated carbocycles. The fourth-order valence-corrected chi connectivity index (χ4v) is 3.55. The quantitative estimate of drug-likeness (QED) is 0.726. The van der Waals surface area contributed by atoms with Crippen molar-refractivity contribution < 1.29 is 14.6 Å². The van der Waals surface area contributed by atoms with E-state index in [1.807, 2.05) is 13.8 Å². The van der Waals surface area contributed by atoms with Crippen LogP contribution in [0, 0.1) is 5.92 Å². The summed E-state index contributed by atoms with van der Waals surface area (Å²) in [5.41, 5.74) is 4.98. The van der Waals surface area contributed by atoms with E-state index < -0.39 is 5.54 Å². The van der Waals surface area contributed by atoms with E-state index >= 15 is 0 Å². The predicted octanol–water partition coefficient (Wildman–Crippen LogP) is -0.235. The first-order valence-electron chi connectivity index (χ1n) is 6.56. The van der Waals surface area contributed by atoms with Gasteiger partial charge in [0.15, 0.2) is 5.78 Å². The molecule has 2 bridgehead atoms. The number of nitrogens with zero attached hydrogens (tertiary/aromatic N) is 1. The van der Waals surface area contributed by atoms with Gasteiger partial charge in [-0.15, -0.1) is 0 Å². The molecule has 3 N–H and O–H groups in total. The van der Waals surface area contributed by atoms with Gasteiger partial charge in [-0.2, -0.15) is 0 Å². The zero-order valence-electron chi connectivity index (χ0n) is 11.5. The van der Waals surface area contributed by atoms with Gasteiger partial charge in [0.25, 0.3) is 0 Å². The zero-order chi connectivity index (χ0) is 13.6. The Labute approximate surface area is 108 Å². The van der Waals surface area contributed by atoms with Crippen LogP contribution in [0.5, 0.6) is 0 Å². The van der Waals surface area contributed by atoms with Crippen LogP contribution in [0.25, 0.3) is 0 Å². The highest BCUT2D eigenvalue weighted by atomic mass is 16.5. The highest BCUT2D eigenvalue weighted by molar-refractivity contribution is 5.92. The van der Waals surface area contributed by atoms with Crippen molar-refractivity contribution in [3.05, 3.63) is 0 Å². The van der Waals surface area contributed by atoms with Crippen LogP contribution in [0.2, 0.25) is 0 Å². The molecule has 5 heteroatoms. The summed E-state index contributed by atoms with van der Waals surface area (Å²) in [5.74, 6) is 0.142. The Hall–Kier alpha value is -0.490. The summed E-state index contributed by atoms with van der Waals surface area (Å²) in [7, 11) is 1.57. The largest absolute Gasteiger partial charge is 0.394 e. The minimum Gasteiger partial charge on any atom is -0.394 e. The molecule has 3 saturated heterocycles. The average Bonchev–Trinajstić information content (AvgIpc) is 2.32. The lowest BCUT2D eigenvalue weighted by molar-refractivity contribution is -0.169. The predicted molar refractivity (Wildman–Crippen MR) is 68.2 cm³/mol. The Kier molecular flexibility index (Phi) is 3.53. The lowest BCUT2D eigenvalue weighted by atomic mass is 9.67. The molecule has 104 valence electrons. The summed E-state index contributed by atoms with van der Waals surface area (Å²) in [6.45, 7) is 4.83. The number of carbonyl (C=O) groups excluding carboxylic acids is 1. The van der Waals surface area contributed by atoms with Gasteiger partial charge in [0.1, 0.15) is 5.54 Å². The first-order valence-corrected chi connectivity index (χ1v) is 6.56. The van der Waals surface area contributed by atoms with Gasteiger partial charge in [0, 0.05) is 31.2 Å². The first kappa shape index (κ1) is 13.9. The van der Waals surface area contributed by atoms with Crippen molar-refractivity contribution in [3.8, 4) is 0 Å². The van der Waals surface area contributed by atoms with E-state index in [0.29, 0.717) is 0 Å². The van der Waals surface area contributed by atoms with Gasteiger partial charge in [-0.25, -0.2) is 0 Å². The van der Waals surface area contributed by atoms with Gasteiger partial charge in [0.2, 0.25) is 0 Å². The molecular formula is C13H24N2O3. The molecule has 0 spiro atoms. The Morgan fingerprint density at radius 3 is 2.78 bits per heavy atom. The van der Waals surface area contributed by atoms with Crippen molar-refractivity contribution in [1.82, 2.24) is 4.90 Å². The Morgan fingerprint density at radius 2 is 2.28 bits per heavy atom. The fraction of sp³-hybridized carbons (Fsp3) is 0.923. The number of methoxy groups -OCH3 is 1. The number of nitrogens with two attached hydrogens (primary N) is 1. The number of hydrogen-bond acceptors (Lipinski definition) is 5. The summed E-state index contributed by atoms with van der Waals surface area (Å²) in [5, 5.41) is 9.77. The molecule has 0 aromatic rings. The molecule has 0 radical (unpaired) electrons. The minimum absolute atomic E-state index is 0.0186. The Morgan fingerprint density at radius 1 is 1.61 bits per heavy atom. The SMILES string of the molecule is COCC1(CO)C(=O)C2CCN1C(C(C)(C)N)C2. The minimum atomic E-state index is -0.878. The molecular weight excluding hydrogens is 232 g/mol. The second-order valence-electron chi connectivity index (χ2n) is 6.24. The van der Waals surface area contributed by atoms with E-state index in [0.717, 1.165) is 19.4 Å². The van der Waals surface area contributed by atoms with E-state index in [1.165, 1.54) is 0 Å². The third kappa shape index (κ3) is 1.90. The second kappa shape index (κ2) is 4.56. The maximum Gasteiger partial charge on any atom is 0.161 e. The third-order valence-corrected chi connectivity index (χ3v) is 4.49. The van der Waals surface area contributed by atoms with E-state index in [9.17, 15) is 9.90 Å². The van der Waals surface area contributed by atoms with Crippen LogP contribution in [0.1, 0.15) is 26.7 Å². The van der Waals surface area contributed by atoms with E-state index in [-0.39, 0.29) is 36.5 Å². The van der Waals surface area contributed by atoms with E-state index in [1.54, 1.807) is 7.11 Å². The molecule has 3 aliphatic rings. The lowest BCUT2D eigenvalue weighted by Crippen LogP contribution is -2.76. The van der Waals surface area contributed by atoms with E-state index in [2.05, 4.69) is 4.90 Å². The van der Waals surface area contributed by atoms with Crippen molar-refractivity contribution in [3.63, 3.8) is 0 Å². The van der Waals surface area contributed by atoms with Crippen molar-refractivity contribution in [2.45, 2.75) is 43.8 Å². The molecule has 0 amide bonds. The molecule has 18 heavy (non-hydrogen) atoms. The molecule has 0 aromatic heterocycles. The van der Waals surface area contributed by atoms with Crippen molar-refractivity contribution >= 4 is 5.78 Å². The van der Waals surface area contributed by atoms with Crippen LogP contribution in [0.3, 0.4) is 0 Å². The molecule has 0 aliphatic carbocycles. The third-order valence-electron chi connectivity index (χ3n) is 4.49. The molecule has 3 rings (SSSR count). The highest BCUT2D eigenvalue weighted by Crippen LogP contribution is 2.42. The van der Waals surface area contributed by atoms with Gasteiger partial charge in [0.05, 0.1) is 13.2 Å². The van der Waals surface area contributed by atoms with Crippen molar-refractivity contribution in [1.29, 1.82) is 0 Å². The summed E-state index contributed by atoms with van der Waals surface area (Å²) in [4.78, 5) is 14.6. The fourth-order valence-electron chi connectivity index (χ4n) is 3.55. The van der Waals surface area contributed by atoms with Crippen LogP contribution in [0.15, 0.2) is 0 Å². The normalized spacial score (nSPS) is 40.3. The zero-order valence-corrected chi connectivity index (χ0v) is 11.5. The number of piperidine rings is 3. The van der Waals surface area contributed by atoms with Crippen LogP contribution in [-0.4, -0.2) is 59.8 Å². The van der Waals surface area contributed by atoms with Crippen molar-refractivity contribution in [2.75, 3.05) is 26.9 Å². The summed E-state index contributed by atoms with van der Waals surface area (Å²) in [6, 6.07) is 0.122. The number of Topliss-reactive ketones (excluding diaryl/α,β-unsaturated/α-hetero) is 1. The van der Waals surface area contributed by atoms with Gasteiger partial charge in [-0.1, -0.05) is 0 Å². The number of aliphatic hydroxyl groups is 1. The Balaban J connectivity index is 2.37. The van der Waals surface area contributed by atoms with E-state index in [4.69, 9.17) is 10.5 Å². The highest BCUT2D eigenvalue weighted by Gasteiger charge is 2.58. The molecule has 5 nitrogen and oxygen atoms in total. The van der Waals surface area contributed by atoms with Gasteiger partial charge in [-0.3, -0.25) is 9.69 Å². The molecule has 0 aromatic carbocycles. The average molecular weight is 256 g/mol. The second-order valence-corrected chi connectivity index (χ2v) is 6.24. The maximum absolute atomic E-state index is 12.5. The topological polar surface area (TPSA) is 75.8 Å². The van der Waals surface area contributed by atoms with Gasteiger partial charge >= 0.3 is 0 Å². The molecule has 4 atom stereocenters. The standard InChI is InChI=1S/C13H24N2O3/c1-12(2,14)10-6-9-4-5-15(10)13(7-16,8-18-3)11(9)17/h9-10,16H,4-8,14H2,1-3H3. The molecule has 3 aliphatic heterocycles.